The Balaban J connectivity index is 1.55. The predicted octanol–water partition coefficient (Wildman–Crippen LogP) is 1.84. The van der Waals surface area contributed by atoms with Crippen LogP contribution >= 0.6 is 0 Å². The molecule has 0 aliphatic carbocycles. The van der Waals surface area contributed by atoms with E-state index in [2.05, 4.69) is 15.4 Å². The number of amides is 3. The van der Waals surface area contributed by atoms with Crippen molar-refractivity contribution in [1.29, 1.82) is 0 Å². The molecule has 1 aliphatic heterocycles. The normalized spacial score (nSPS) is 14.4. The maximum atomic E-state index is 13.3. The molecule has 1 saturated heterocycles. The summed E-state index contributed by atoms with van der Waals surface area (Å²) in [5.41, 5.74) is 1.84. The lowest BCUT2D eigenvalue weighted by atomic mass is 9.94. The van der Waals surface area contributed by atoms with Gasteiger partial charge in [-0.15, -0.1) is 0 Å². The third-order valence-corrected chi connectivity index (χ3v) is 6.23. The topological polar surface area (TPSA) is 114 Å². The van der Waals surface area contributed by atoms with Crippen LogP contribution < -0.4 is 15.4 Å². The second-order valence-electron chi connectivity index (χ2n) is 8.73. The number of rotatable bonds is 10. The lowest BCUT2D eigenvalue weighted by Crippen LogP contribution is -2.52. The molecular formula is C27H33N3O6. The van der Waals surface area contributed by atoms with E-state index in [0.29, 0.717) is 38.9 Å². The van der Waals surface area contributed by atoms with E-state index in [-0.39, 0.29) is 17.7 Å². The molecule has 1 heterocycles. The third-order valence-electron chi connectivity index (χ3n) is 6.23. The van der Waals surface area contributed by atoms with Crippen molar-refractivity contribution in [1.82, 2.24) is 15.5 Å². The van der Waals surface area contributed by atoms with E-state index in [0.717, 1.165) is 16.9 Å². The molecule has 1 aliphatic rings. The Morgan fingerprint density at radius 2 is 1.67 bits per heavy atom. The van der Waals surface area contributed by atoms with Crippen LogP contribution in [0.25, 0.3) is 0 Å². The monoisotopic (exact) mass is 495 g/mol. The fraction of sp³-hybridized carbons (Fsp3) is 0.407. The van der Waals surface area contributed by atoms with Crippen LogP contribution in [0.5, 0.6) is 5.75 Å². The Morgan fingerprint density at radius 1 is 0.972 bits per heavy atom. The van der Waals surface area contributed by atoms with E-state index in [1.807, 2.05) is 54.6 Å². The first-order valence-electron chi connectivity index (χ1n) is 12.0. The molecule has 0 radical (unpaired) electrons. The van der Waals surface area contributed by atoms with E-state index < -0.39 is 24.3 Å². The fourth-order valence-corrected chi connectivity index (χ4v) is 4.20. The summed E-state index contributed by atoms with van der Waals surface area (Å²) in [4.78, 5) is 51.5. The van der Waals surface area contributed by atoms with Crippen molar-refractivity contribution in [2.45, 2.75) is 38.3 Å². The van der Waals surface area contributed by atoms with Crippen LogP contribution in [0.1, 0.15) is 30.4 Å². The zero-order valence-electron chi connectivity index (χ0n) is 20.7. The molecule has 2 aromatic carbocycles. The number of hydrogen-bond acceptors (Lipinski definition) is 6. The molecule has 192 valence electrons. The summed E-state index contributed by atoms with van der Waals surface area (Å²) in [5.74, 6) is -0.968. The molecule has 0 saturated carbocycles. The van der Waals surface area contributed by atoms with Gasteiger partial charge >= 0.3 is 5.97 Å². The first-order valence-corrected chi connectivity index (χ1v) is 12.0. The van der Waals surface area contributed by atoms with Crippen molar-refractivity contribution in [2.24, 2.45) is 5.92 Å². The van der Waals surface area contributed by atoms with Gasteiger partial charge in [-0.05, 0) is 36.1 Å². The molecule has 1 fully saturated rings. The fourth-order valence-electron chi connectivity index (χ4n) is 4.20. The molecule has 9 nitrogen and oxygen atoms in total. The van der Waals surface area contributed by atoms with Gasteiger partial charge in [0.15, 0.2) is 0 Å². The van der Waals surface area contributed by atoms with Gasteiger partial charge in [0.2, 0.25) is 17.7 Å². The van der Waals surface area contributed by atoms with Gasteiger partial charge in [0.1, 0.15) is 18.2 Å². The number of methoxy groups -OCH3 is 2. The number of hydrogen-bond donors (Lipinski definition) is 2. The number of ether oxygens (including phenoxy) is 2. The van der Waals surface area contributed by atoms with Crippen molar-refractivity contribution < 1.29 is 28.7 Å². The first kappa shape index (κ1) is 26.7. The number of nitrogens with one attached hydrogen (secondary N) is 2. The Kier molecular flexibility index (Phi) is 9.85. The number of carbonyl (C=O) groups excluding carboxylic acids is 4. The lowest BCUT2D eigenvalue weighted by Gasteiger charge is -2.34. The Labute approximate surface area is 211 Å². The summed E-state index contributed by atoms with van der Waals surface area (Å²) in [6, 6.07) is 16.1. The zero-order chi connectivity index (χ0) is 25.9. The van der Waals surface area contributed by atoms with Crippen LogP contribution in [0.3, 0.4) is 0 Å². The summed E-state index contributed by atoms with van der Waals surface area (Å²) < 4.78 is 9.77. The highest BCUT2D eigenvalue weighted by molar-refractivity contribution is 5.96. The molecule has 1 atom stereocenters. The summed E-state index contributed by atoms with van der Waals surface area (Å²) in [7, 11) is 2.81. The minimum absolute atomic E-state index is 0.0443. The van der Waals surface area contributed by atoms with Crippen molar-refractivity contribution in [3.8, 4) is 5.75 Å². The Hall–Kier alpha value is -3.88. The molecule has 2 aromatic rings. The number of carbonyl (C=O) groups is 4. The maximum Gasteiger partial charge on any atom is 0.315 e. The Morgan fingerprint density at radius 3 is 2.33 bits per heavy atom. The summed E-state index contributed by atoms with van der Waals surface area (Å²) >= 11 is 0. The number of benzene rings is 2. The molecule has 2 N–H and O–H groups in total. The molecule has 0 aromatic heterocycles. The highest BCUT2D eigenvalue weighted by Crippen LogP contribution is 2.20. The zero-order valence-corrected chi connectivity index (χ0v) is 20.7. The number of likely N-dealkylation sites (tertiary alicyclic amines) is 1. The van der Waals surface area contributed by atoms with Gasteiger partial charge in [-0.2, -0.15) is 0 Å². The number of nitrogens with zero attached hydrogens (tertiary/aromatic N) is 1. The average molecular weight is 496 g/mol. The highest BCUT2D eigenvalue weighted by Gasteiger charge is 2.32. The van der Waals surface area contributed by atoms with Crippen molar-refractivity contribution in [2.75, 3.05) is 27.3 Å². The summed E-state index contributed by atoms with van der Waals surface area (Å²) in [6.07, 6.45) is 0.909. The van der Waals surface area contributed by atoms with Crippen LogP contribution in [0.4, 0.5) is 0 Å². The number of esters is 1. The molecule has 3 amide bonds. The maximum absolute atomic E-state index is 13.3. The molecule has 3 rings (SSSR count). The lowest BCUT2D eigenvalue weighted by molar-refractivity contribution is -0.145. The molecular weight excluding hydrogens is 462 g/mol. The van der Waals surface area contributed by atoms with Crippen LogP contribution in [0, 0.1) is 5.92 Å². The van der Waals surface area contributed by atoms with Crippen LogP contribution in [0.2, 0.25) is 0 Å². The van der Waals surface area contributed by atoms with Gasteiger partial charge in [-0.3, -0.25) is 19.2 Å². The van der Waals surface area contributed by atoms with Crippen LogP contribution in [0.15, 0.2) is 54.6 Å². The van der Waals surface area contributed by atoms with Crippen molar-refractivity contribution in [3.63, 3.8) is 0 Å². The summed E-state index contributed by atoms with van der Waals surface area (Å²) in [6.45, 7) is 1.23. The van der Waals surface area contributed by atoms with Crippen LogP contribution in [-0.2, 0) is 36.9 Å². The molecule has 0 unspecified atom stereocenters. The van der Waals surface area contributed by atoms with Gasteiger partial charge < -0.3 is 25.0 Å². The van der Waals surface area contributed by atoms with E-state index >= 15 is 0 Å². The SMILES string of the molecule is COC(=O)CC(=O)N[C@H](Cc1ccccc1)C(=O)N1CCC(C(=O)NCc2cccc(OC)c2)CC1. The number of piperidine rings is 1. The van der Waals surface area contributed by atoms with E-state index in [1.165, 1.54) is 7.11 Å². The quantitative estimate of drug-likeness (QED) is 0.384. The molecule has 0 spiro atoms. The predicted molar refractivity (Wildman–Crippen MR) is 133 cm³/mol. The van der Waals surface area contributed by atoms with Gasteiger partial charge in [0, 0.05) is 32.0 Å². The van der Waals surface area contributed by atoms with E-state index in [4.69, 9.17) is 4.74 Å². The molecule has 0 bridgehead atoms. The van der Waals surface area contributed by atoms with Gasteiger partial charge in [0.05, 0.1) is 14.2 Å². The van der Waals surface area contributed by atoms with Gasteiger partial charge in [0.25, 0.3) is 0 Å². The minimum Gasteiger partial charge on any atom is -0.497 e. The van der Waals surface area contributed by atoms with Crippen molar-refractivity contribution >= 4 is 23.7 Å². The first-order chi connectivity index (χ1) is 17.4. The Bertz CT molecular complexity index is 1050. The van der Waals surface area contributed by atoms with E-state index in [9.17, 15) is 19.2 Å². The molecule has 9 heteroatoms. The average Bonchev–Trinajstić information content (AvgIpc) is 2.91. The largest absolute Gasteiger partial charge is 0.497 e. The second kappa shape index (κ2) is 13.3. The van der Waals surface area contributed by atoms with Crippen LogP contribution in [-0.4, -0.2) is 61.9 Å². The standard InChI is InChI=1S/C27H33N3O6/c1-35-22-10-6-9-20(15-22)18-28-26(33)21-11-13-30(14-12-21)27(34)23(16-19-7-4-3-5-8-19)29-24(31)17-25(32)36-2/h3-10,15,21,23H,11-14,16-18H2,1-2H3,(H,28,33)(H,29,31)/t23-/m1/s1. The van der Waals surface area contributed by atoms with Gasteiger partial charge in [-0.25, -0.2) is 0 Å². The minimum atomic E-state index is -0.817. The third kappa shape index (κ3) is 7.83. The smallest absolute Gasteiger partial charge is 0.315 e. The summed E-state index contributed by atoms with van der Waals surface area (Å²) in [5, 5.41) is 5.66. The van der Waals surface area contributed by atoms with E-state index in [1.54, 1.807) is 12.0 Å². The van der Waals surface area contributed by atoms with Gasteiger partial charge in [-0.1, -0.05) is 42.5 Å². The molecule has 36 heavy (non-hydrogen) atoms. The highest BCUT2D eigenvalue weighted by atomic mass is 16.5. The second-order valence-corrected chi connectivity index (χ2v) is 8.73. The van der Waals surface area contributed by atoms with Crippen molar-refractivity contribution in [3.05, 3.63) is 65.7 Å².